The highest BCUT2D eigenvalue weighted by Gasteiger charge is 2.15. The molecule has 0 unspecified atom stereocenters. The summed E-state index contributed by atoms with van der Waals surface area (Å²) in [6, 6.07) is 10.2. The number of nitrogens with one attached hydrogen (secondary N) is 1. The molecule has 2 heterocycles. The van der Waals surface area contributed by atoms with Crippen molar-refractivity contribution in [2.45, 2.75) is 32.9 Å². The molecule has 0 saturated heterocycles. The molecule has 12 heteroatoms. The number of hydrogen-bond donors (Lipinski definition) is 1. The minimum atomic E-state index is -0.782. The van der Waals surface area contributed by atoms with E-state index >= 15 is 0 Å². The van der Waals surface area contributed by atoms with Crippen molar-refractivity contribution in [3.8, 4) is 11.6 Å². The smallest absolute Gasteiger partial charge is 0.354 e. The summed E-state index contributed by atoms with van der Waals surface area (Å²) < 4.78 is 12.5. The quantitative estimate of drug-likeness (QED) is 0.214. The molecule has 0 amide bonds. The molecular weight excluding hydrogens is 500 g/mol. The molecule has 0 saturated carbocycles. The van der Waals surface area contributed by atoms with E-state index in [4.69, 9.17) is 16.3 Å². The Hall–Kier alpha value is -4.25. The van der Waals surface area contributed by atoms with Crippen molar-refractivity contribution in [2.24, 2.45) is 0 Å². The maximum Gasteiger partial charge on any atom is 0.354 e. The molecule has 11 nitrogen and oxygen atoms in total. The molecule has 0 atom stereocenters. The Morgan fingerprint density at radius 1 is 1.16 bits per heavy atom. The van der Waals surface area contributed by atoms with Crippen LogP contribution in [-0.2, 0) is 22.6 Å². The Labute approximate surface area is 218 Å². The average Bonchev–Trinajstić information content (AvgIpc) is 2.91. The van der Waals surface area contributed by atoms with Gasteiger partial charge in [0.1, 0.15) is 5.75 Å². The van der Waals surface area contributed by atoms with Crippen molar-refractivity contribution < 1.29 is 14.3 Å². The number of alkyl halides is 1. The first-order valence-electron chi connectivity index (χ1n) is 11.4. The van der Waals surface area contributed by atoms with Crippen LogP contribution in [0.1, 0.15) is 19.8 Å². The Morgan fingerprint density at radius 2 is 1.95 bits per heavy atom. The summed E-state index contributed by atoms with van der Waals surface area (Å²) in [5, 5.41) is 10.7. The molecule has 0 aliphatic heterocycles. The van der Waals surface area contributed by atoms with Gasteiger partial charge in [-0.05, 0) is 49.2 Å². The lowest BCUT2D eigenvalue weighted by molar-refractivity contribution is -0.140. The standard InChI is InChI=1S/C25H27ClN6O5/c1-3-18(7-4-5-14-26)17-32-23(29-24(34)31(25(32)35)16-13-22(33)36-2)28-19-9-11-20(12-10-19)37-21-8-6-15-27-30-21/h3-4,6-12,15H,5,13-14,16-17H2,1-2H3,(H,28,29,34)/b7-4-,18-3+. The normalized spacial score (nSPS) is 11.5. The fourth-order valence-corrected chi connectivity index (χ4v) is 3.31. The highest BCUT2D eigenvalue weighted by molar-refractivity contribution is 6.17. The zero-order chi connectivity index (χ0) is 26.6. The van der Waals surface area contributed by atoms with Gasteiger partial charge in [0, 0.05) is 30.4 Å². The zero-order valence-electron chi connectivity index (χ0n) is 20.5. The minimum Gasteiger partial charge on any atom is -0.469 e. The Kier molecular flexibility index (Phi) is 10.1. The van der Waals surface area contributed by atoms with E-state index in [1.54, 1.807) is 42.6 Å². The summed E-state index contributed by atoms with van der Waals surface area (Å²) in [6.07, 6.45) is 7.68. The summed E-state index contributed by atoms with van der Waals surface area (Å²) in [7, 11) is 1.24. The third-order valence-electron chi connectivity index (χ3n) is 5.12. The maximum atomic E-state index is 13.3. The van der Waals surface area contributed by atoms with Crippen LogP contribution in [0, 0.1) is 0 Å². The molecule has 0 aliphatic rings. The van der Waals surface area contributed by atoms with Gasteiger partial charge in [0.2, 0.25) is 11.8 Å². The van der Waals surface area contributed by atoms with E-state index in [0.717, 1.165) is 10.1 Å². The van der Waals surface area contributed by atoms with Gasteiger partial charge in [-0.3, -0.25) is 9.36 Å². The van der Waals surface area contributed by atoms with Crippen LogP contribution >= 0.6 is 11.6 Å². The van der Waals surface area contributed by atoms with Crippen LogP contribution < -0.4 is 21.4 Å². The molecule has 0 spiro atoms. The molecule has 1 aromatic carbocycles. The number of anilines is 2. The van der Waals surface area contributed by atoms with E-state index in [1.807, 2.05) is 25.2 Å². The molecule has 2 aromatic heterocycles. The number of aromatic nitrogens is 5. The lowest BCUT2D eigenvalue weighted by atomic mass is 10.2. The molecule has 0 radical (unpaired) electrons. The lowest BCUT2D eigenvalue weighted by Gasteiger charge is -2.16. The largest absolute Gasteiger partial charge is 0.469 e. The van der Waals surface area contributed by atoms with Gasteiger partial charge in [-0.1, -0.05) is 18.2 Å². The summed E-state index contributed by atoms with van der Waals surface area (Å²) in [5.41, 5.74) is -0.0180. The fourth-order valence-electron chi connectivity index (χ4n) is 3.18. The lowest BCUT2D eigenvalue weighted by Crippen LogP contribution is -2.43. The third kappa shape index (κ3) is 7.87. The third-order valence-corrected chi connectivity index (χ3v) is 5.34. The molecule has 0 fully saturated rings. The highest BCUT2D eigenvalue weighted by Crippen LogP contribution is 2.22. The van der Waals surface area contributed by atoms with E-state index in [9.17, 15) is 14.4 Å². The van der Waals surface area contributed by atoms with Crippen LogP contribution in [-0.4, -0.2) is 43.3 Å². The second-order valence-electron chi connectivity index (χ2n) is 7.62. The summed E-state index contributed by atoms with van der Waals surface area (Å²) in [4.78, 5) is 41.7. The molecule has 1 N–H and O–H groups in total. The number of carbonyl (C=O) groups excluding carboxylic acids is 1. The summed E-state index contributed by atoms with van der Waals surface area (Å²) >= 11 is 5.76. The molecule has 37 heavy (non-hydrogen) atoms. The number of benzene rings is 1. The molecule has 0 bridgehead atoms. The van der Waals surface area contributed by atoms with Crippen molar-refractivity contribution in [3.05, 3.63) is 87.4 Å². The number of ether oxygens (including phenoxy) is 2. The number of hydrogen-bond acceptors (Lipinski definition) is 9. The number of halogens is 1. The number of methoxy groups -OCH3 is 1. The van der Waals surface area contributed by atoms with Gasteiger partial charge in [-0.2, -0.15) is 10.1 Å². The number of carbonyl (C=O) groups is 1. The topological polar surface area (TPSA) is 130 Å². The Bertz CT molecular complexity index is 1370. The van der Waals surface area contributed by atoms with Gasteiger partial charge in [0.15, 0.2) is 0 Å². The predicted molar refractivity (Wildman–Crippen MR) is 139 cm³/mol. The van der Waals surface area contributed by atoms with E-state index in [2.05, 4.69) is 25.2 Å². The zero-order valence-corrected chi connectivity index (χ0v) is 21.2. The fraction of sp³-hybridized carbons (Fsp3) is 0.280. The van der Waals surface area contributed by atoms with Crippen molar-refractivity contribution in [1.29, 1.82) is 0 Å². The highest BCUT2D eigenvalue weighted by atomic mass is 35.5. The van der Waals surface area contributed by atoms with Gasteiger partial charge in [-0.15, -0.1) is 16.7 Å². The van der Waals surface area contributed by atoms with Crippen LogP contribution in [0.3, 0.4) is 0 Å². The van der Waals surface area contributed by atoms with Crippen LogP contribution in [0.2, 0.25) is 0 Å². The molecule has 0 aliphatic carbocycles. The number of allylic oxidation sites excluding steroid dienone is 4. The molecule has 194 valence electrons. The Morgan fingerprint density at radius 3 is 2.59 bits per heavy atom. The number of rotatable bonds is 12. The first-order valence-corrected chi connectivity index (χ1v) is 12.0. The van der Waals surface area contributed by atoms with Gasteiger partial charge < -0.3 is 14.8 Å². The van der Waals surface area contributed by atoms with Crippen LogP contribution in [0.4, 0.5) is 11.6 Å². The van der Waals surface area contributed by atoms with E-state index in [1.165, 1.54) is 11.7 Å². The van der Waals surface area contributed by atoms with Crippen molar-refractivity contribution in [1.82, 2.24) is 24.3 Å². The van der Waals surface area contributed by atoms with Crippen molar-refractivity contribution in [3.63, 3.8) is 0 Å². The number of esters is 1. The maximum absolute atomic E-state index is 13.3. The predicted octanol–water partition coefficient (Wildman–Crippen LogP) is 3.43. The molecule has 3 aromatic rings. The van der Waals surface area contributed by atoms with Gasteiger partial charge in [-0.25, -0.2) is 14.2 Å². The molecule has 3 rings (SSSR count). The summed E-state index contributed by atoms with van der Waals surface area (Å²) in [5.74, 6) is 0.848. The summed E-state index contributed by atoms with van der Waals surface area (Å²) in [6.45, 7) is 1.82. The van der Waals surface area contributed by atoms with E-state index in [-0.39, 0.29) is 25.5 Å². The second kappa shape index (κ2) is 13.7. The molecular formula is C25H27ClN6O5. The van der Waals surface area contributed by atoms with Gasteiger partial charge in [0.25, 0.3) is 0 Å². The van der Waals surface area contributed by atoms with Crippen LogP contribution in [0.15, 0.2) is 76.0 Å². The average molecular weight is 527 g/mol. The first kappa shape index (κ1) is 27.3. The van der Waals surface area contributed by atoms with Crippen LogP contribution in [0.5, 0.6) is 11.6 Å². The van der Waals surface area contributed by atoms with E-state index in [0.29, 0.717) is 29.6 Å². The second-order valence-corrected chi connectivity index (χ2v) is 8.00. The number of nitrogens with zero attached hydrogens (tertiary/aromatic N) is 5. The van der Waals surface area contributed by atoms with Gasteiger partial charge in [0.05, 0.1) is 20.1 Å². The first-order chi connectivity index (χ1) is 17.9. The minimum absolute atomic E-state index is 0.0528. The van der Waals surface area contributed by atoms with Gasteiger partial charge >= 0.3 is 17.3 Å². The van der Waals surface area contributed by atoms with Crippen molar-refractivity contribution in [2.75, 3.05) is 18.3 Å². The van der Waals surface area contributed by atoms with E-state index < -0.39 is 17.3 Å². The van der Waals surface area contributed by atoms with Crippen molar-refractivity contribution >= 4 is 29.2 Å². The van der Waals surface area contributed by atoms with Crippen LogP contribution in [0.25, 0.3) is 0 Å². The monoisotopic (exact) mass is 526 g/mol. The Balaban J connectivity index is 1.92. The SMILES string of the molecule is C/C=C(\C=C/CCCl)Cn1c(Nc2ccc(Oc3cccnn3)cc2)nc(=O)n(CCC(=O)OC)c1=O.